The maximum absolute atomic E-state index is 11.1. The topological polar surface area (TPSA) is 72.2 Å². The Bertz CT molecular complexity index is 431. The van der Waals surface area contributed by atoms with E-state index in [1.165, 1.54) is 18.2 Å². The van der Waals surface area contributed by atoms with Gasteiger partial charge in [0.25, 0.3) is 11.6 Å². The average molecular weight is 227 g/mol. The van der Waals surface area contributed by atoms with Gasteiger partial charge in [-0.05, 0) is 6.07 Å². The van der Waals surface area contributed by atoms with E-state index in [-0.39, 0.29) is 16.4 Å². The first kappa shape index (κ1) is 11.2. The molecule has 6 heteroatoms. The van der Waals surface area contributed by atoms with Gasteiger partial charge >= 0.3 is 0 Å². The fraction of sp³-hybridized carbons (Fsp3) is 0. The Morgan fingerprint density at radius 3 is 2.60 bits per heavy atom. The summed E-state index contributed by atoms with van der Waals surface area (Å²) in [5, 5.41) is 12.6. The highest BCUT2D eigenvalue weighted by molar-refractivity contribution is 6.43. The fourth-order valence-electron chi connectivity index (χ4n) is 0.929. The monoisotopic (exact) mass is 226 g/mol. The molecule has 0 atom stereocenters. The Kier molecular flexibility index (Phi) is 3.41. The molecule has 1 N–H and O–H groups in total. The Balaban J connectivity index is 2.99. The van der Waals surface area contributed by atoms with Crippen molar-refractivity contribution in [2.45, 2.75) is 0 Å². The van der Waals surface area contributed by atoms with E-state index in [4.69, 9.17) is 11.6 Å². The van der Waals surface area contributed by atoms with Crippen molar-refractivity contribution < 1.29 is 9.72 Å². The number of carbonyl (C=O) groups excluding carboxylic acids is 1. The number of hydrogen-bond acceptors (Lipinski definition) is 3. The highest BCUT2D eigenvalue weighted by atomic mass is 35.5. The van der Waals surface area contributed by atoms with Crippen molar-refractivity contribution >= 4 is 28.9 Å². The lowest BCUT2D eigenvalue weighted by molar-refractivity contribution is -0.383. The number of rotatable bonds is 3. The van der Waals surface area contributed by atoms with Gasteiger partial charge in [-0.3, -0.25) is 14.9 Å². The number of hydrogen-bond donors (Lipinski definition) is 1. The molecule has 1 aromatic rings. The summed E-state index contributed by atoms with van der Waals surface area (Å²) in [4.78, 5) is 21.1. The van der Waals surface area contributed by atoms with Gasteiger partial charge in [0.2, 0.25) is 0 Å². The van der Waals surface area contributed by atoms with Crippen molar-refractivity contribution in [2.24, 2.45) is 0 Å². The van der Waals surface area contributed by atoms with Crippen LogP contribution < -0.4 is 5.32 Å². The van der Waals surface area contributed by atoms with Gasteiger partial charge in [-0.25, -0.2) is 0 Å². The number of amides is 1. The van der Waals surface area contributed by atoms with Crippen LogP contribution in [0.1, 0.15) is 0 Å². The largest absolute Gasteiger partial charge is 0.315 e. The van der Waals surface area contributed by atoms with E-state index in [9.17, 15) is 14.9 Å². The van der Waals surface area contributed by atoms with Crippen molar-refractivity contribution in [3.8, 4) is 0 Å². The first-order valence-electron chi connectivity index (χ1n) is 3.91. The third kappa shape index (κ3) is 2.78. The van der Waals surface area contributed by atoms with Crippen LogP contribution in [0.15, 0.2) is 35.9 Å². The standard InChI is InChI=1S/C9H7ClN2O3/c1-6(10)9(13)11-7-4-2-3-5-8(7)12(14)15/h2-5H,1H2,(H,11,13). The predicted octanol–water partition coefficient (Wildman–Crippen LogP) is 2.29. The van der Waals surface area contributed by atoms with Crippen LogP contribution in [-0.2, 0) is 4.79 Å². The Labute approximate surface area is 90.5 Å². The molecule has 0 saturated carbocycles. The molecule has 0 aliphatic heterocycles. The Morgan fingerprint density at radius 2 is 2.07 bits per heavy atom. The minimum absolute atomic E-state index is 0.0919. The molecule has 5 nitrogen and oxygen atoms in total. The molecule has 0 aliphatic rings. The molecule has 0 unspecified atom stereocenters. The van der Waals surface area contributed by atoms with Crippen molar-refractivity contribution in [3.63, 3.8) is 0 Å². The van der Waals surface area contributed by atoms with E-state index >= 15 is 0 Å². The molecular weight excluding hydrogens is 220 g/mol. The van der Waals surface area contributed by atoms with Crippen LogP contribution >= 0.6 is 11.6 Å². The third-order valence-corrected chi connectivity index (χ3v) is 1.77. The number of para-hydroxylation sites is 2. The van der Waals surface area contributed by atoms with Gasteiger partial charge in [0, 0.05) is 6.07 Å². The van der Waals surface area contributed by atoms with Gasteiger partial charge in [0.1, 0.15) is 5.69 Å². The van der Waals surface area contributed by atoms with Crippen molar-refractivity contribution in [1.29, 1.82) is 0 Å². The van der Waals surface area contributed by atoms with Gasteiger partial charge in [0.05, 0.1) is 9.96 Å². The predicted molar refractivity (Wildman–Crippen MR) is 56.7 cm³/mol. The van der Waals surface area contributed by atoms with Gasteiger partial charge in [-0.1, -0.05) is 30.3 Å². The Hall–Kier alpha value is -1.88. The second-order valence-corrected chi connectivity index (χ2v) is 3.09. The number of nitrogens with one attached hydrogen (secondary N) is 1. The molecule has 0 radical (unpaired) electrons. The first-order chi connectivity index (χ1) is 7.02. The molecule has 0 heterocycles. The first-order valence-corrected chi connectivity index (χ1v) is 4.29. The highest BCUT2D eigenvalue weighted by Crippen LogP contribution is 2.23. The molecule has 78 valence electrons. The number of halogens is 1. The second kappa shape index (κ2) is 4.56. The molecule has 0 aromatic heterocycles. The zero-order chi connectivity index (χ0) is 11.4. The smallest absolute Gasteiger partial charge is 0.292 e. The van der Waals surface area contributed by atoms with E-state index < -0.39 is 10.8 Å². The number of nitrogens with zero attached hydrogens (tertiary/aromatic N) is 1. The Morgan fingerprint density at radius 1 is 1.47 bits per heavy atom. The van der Waals surface area contributed by atoms with E-state index in [2.05, 4.69) is 11.9 Å². The van der Waals surface area contributed by atoms with Crippen LogP contribution in [0.5, 0.6) is 0 Å². The maximum Gasteiger partial charge on any atom is 0.292 e. The zero-order valence-electron chi connectivity index (χ0n) is 7.57. The summed E-state index contributed by atoms with van der Waals surface area (Å²) in [5.74, 6) is -0.661. The summed E-state index contributed by atoms with van der Waals surface area (Å²) < 4.78 is 0. The van der Waals surface area contributed by atoms with Gasteiger partial charge in [-0.2, -0.15) is 0 Å². The highest BCUT2D eigenvalue weighted by Gasteiger charge is 2.15. The molecule has 15 heavy (non-hydrogen) atoms. The van der Waals surface area contributed by atoms with E-state index in [1.54, 1.807) is 6.07 Å². The number of nitro groups is 1. The molecule has 1 aromatic carbocycles. The SMILES string of the molecule is C=C(Cl)C(=O)Nc1ccccc1[N+](=O)[O-]. The van der Waals surface area contributed by atoms with Crippen molar-refractivity contribution in [2.75, 3.05) is 5.32 Å². The lowest BCUT2D eigenvalue weighted by Crippen LogP contribution is -2.11. The summed E-state index contributed by atoms with van der Waals surface area (Å²) in [6, 6.07) is 5.77. The molecule has 0 saturated heterocycles. The van der Waals surface area contributed by atoms with Crippen molar-refractivity contribution in [1.82, 2.24) is 0 Å². The minimum Gasteiger partial charge on any atom is -0.315 e. The minimum atomic E-state index is -0.661. The van der Waals surface area contributed by atoms with E-state index in [0.717, 1.165) is 0 Å². The number of anilines is 1. The summed E-state index contributed by atoms with van der Waals surface area (Å²) in [6.45, 7) is 3.21. The molecular formula is C9H7ClN2O3. The van der Waals surface area contributed by atoms with E-state index in [0.29, 0.717) is 0 Å². The van der Waals surface area contributed by atoms with Crippen LogP contribution in [0.25, 0.3) is 0 Å². The zero-order valence-corrected chi connectivity index (χ0v) is 8.32. The lowest BCUT2D eigenvalue weighted by atomic mass is 10.2. The lowest BCUT2D eigenvalue weighted by Gasteiger charge is -2.03. The van der Waals surface area contributed by atoms with Crippen molar-refractivity contribution in [3.05, 3.63) is 46.0 Å². The third-order valence-electron chi connectivity index (χ3n) is 1.60. The average Bonchev–Trinajstić information content (AvgIpc) is 2.18. The molecule has 0 bridgehead atoms. The second-order valence-electron chi connectivity index (χ2n) is 2.63. The number of nitro benzene ring substituents is 1. The number of carbonyl (C=O) groups is 1. The van der Waals surface area contributed by atoms with Gasteiger partial charge in [0.15, 0.2) is 0 Å². The molecule has 0 aliphatic carbocycles. The summed E-state index contributed by atoms with van der Waals surface area (Å²) in [6.07, 6.45) is 0. The molecule has 1 amide bonds. The van der Waals surface area contributed by atoms with Gasteiger partial charge in [-0.15, -0.1) is 0 Å². The van der Waals surface area contributed by atoms with Gasteiger partial charge < -0.3 is 5.32 Å². The summed E-state index contributed by atoms with van der Waals surface area (Å²) >= 11 is 5.33. The molecule has 0 fully saturated rings. The quantitative estimate of drug-likeness (QED) is 0.488. The normalized spacial score (nSPS) is 9.40. The van der Waals surface area contributed by atoms with Crippen LogP contribution in [-0.4, -0.2) is 10.8 Å². The maximum atomic E-state index is 11.1. The van der Waals surface area contributed by atoms with Crippen LogP contribution in [0.4, 0.5) is 11.4 Å². The fourth-order valence-corrected chi connectivity index (χ4v) is 0.976. The van der Waals surface area contributed by atoms with E-state index in [1.807, 2.05) is 0 Å². The van der Waals surface area contributed by atoms with Crippen LogP contribution in [0, 0.1) is 10.1 Å². The summed E-state index contributed by atoms with van der Waals surface area (Å²) in [7, 11) is 0. The van der Waals surface area contributed by atoms with Crippen LogP contribution in [0.3, 0.4) is 0 Å². The van der Waals surface area contributed by atoms with Crippen LogP contribution in [0.2, 0.25) is 0 Å². The number of benzene rings is 1. The summed E-state index contributed by atoms with van der Waals surface area (Å²) in [5.41, 5.74) is -0.0990. The molecule has 1 rings (SSSR count). The molecule has 0 spiro atoms.